The minimum Gasteiger partial charge on any atom is -0.371 e. The van der Waals surface area contributed by atoms with E-state index < -0.39 is 0 Å². The molecule has 28 heavy (non-hydrogen) atoms. The lowest BCUT2D eigenvalue weighted by molar-refractivity contribution is 0.0950. The quantitative estimate of drug-likeness (QED) is 0.740. The van der Waals surface area contributed by atoms with Crippen LogP contribution in [-0.4, -0.2) is 33.9 Å². The molecule has 140 valence electrons. The van der Waals surface area contributed by atoms with E-state index in [1.807, 2.05) is 30.3 Å². The number of carbonyl (C=O) groups excluding carboxylic acids is 1. The molecule has 0 spiro atoms. The lowest BCUT2D eigenvalue weighted by atomic mass is 10.00. The number of hydrogen-bond acceptors (Lipinski definition) is 3. The van der Waals surface area contributed by atoms with Crippen LogP contribution in [0.5, 0.6) is 0 Å². The van der Waals surface area contributed by atoms with E-state index in [4.69, 9.17) is 0 Å². The molecule has 0 bridgehead atoms. The van der Waals surface area contributed by atoms with Crippen molar-refractivity contribution in [3.05, 3.63) is 88.9 Å². The van der Waals surface area contributed by atoms with Crippen molar-refractivity contribution >= 4 is 16.9 Å². The predicted octanol–water partition coefficient (Wildman–Crippen LogP) is 3.35. The van der Waals surface area contributed by atoms with E-state index in [2.05, 4.69) is 50.5 Å². The Bertz CT molecular complexity index is 1080. The molecule has 0 atom stereocenters. The number of benzene rings is 2. The number of carbonyl (C=O) groups is 1. The Morgan fingerprint density at radius 3 is 2.71 bits per heavy atom. The SMILES string of the molecule is O=C(NCc1nc2ccccc2[nH]1)c1ccc2c(c1)CCN(C1=CC=C1)CC2. The van der Waals surface area contributed by atoms with E-state index in [-0.39, 0.29) is 5.91 Å². The number of amides is 1. The fraction of sp³-hybridized carbons (Fsp3) is 0.217. The predicted molar refractivity (Wildman–Crippen MR) is 110 cm³/mol. The Morgan fingerprint density at radius 1 is 1.11 bits per heavy atom. The third kappa shape index (κ3) is 3.20. The van der Waals surface area contributed by atoms with Gasteiger partial charge in [-0.15, -0.1) is 0 Å². The van der Waals surface area contributed by atoms with E-state index in [1.165, 1.54) is 16.8 Å². The summed E-state index contributed by atoms with van der Waals surface area (Å²) in [6, 6.07) is 14.0. The maximum atomic E-state index is 12.7. The Labute approximate surface area is 163 Å². The monoisotopic (exact) mass is 370 g/mol. The minimum atomic E-state index is -0.0611. The Morgan fingerprint density at radius 2 is 1.93 bits per heavy atom. The van der Waals surface area contributed by atoms with Crippen molar-refractivity contribution < 1.29 is 4.79 Å². The first-order chi connectivity index (χ1) is 13.8. The van der Waals surface area contributed by atoms with Crippen LogP contribution in [0.3, 0.4) is 0 Å². The van der Waals surface area contributed by atoms with Gasteiger partial charge < -0.3 is 15.2 Å². The Kier molecular flexibility index (Phi) is 4.20. The van der Waals surface area contributed by atoms with Gasteiger partial charge in [0.15, 0.2) is 0 Å². The molecular formula is C23H22N4O. The second-order valence-electron chi connectivity index (χ2n) is 7.30. The largest absolute Gasteiger partial charge is 0.371 e. The summed E-state index contributed by atoms with van der Waals surface area (Å²) in [7, 11) is 0. The highest BCUT2D eigenvalue weighted by Crippen LogP contribution is 2.22. The van der Waals surface area contributed by atoms with Gasteiger partial charge in [0.05, 0.1) is 17.6 Å². The molecule has 1 aliphatic carbocycles. The van der Waals surface area contributed by atoms with Crippen LogP contribution < -0.4 is 5.32 Å². The molecule has 2 aromatic carbocycles. The molecule has 3 aromatic rings. The number of rotatable bonds is 4. The number of H-pyrrole nitrogens is 1. The number of nitrogens with zero attached hydrogens (tertiary/aromatic N) is 2. The number of aromatic amines is 1. The van der Waals surface area contributed by atoms with Gasteiger partial charge in [0.25, 0.3) is 5.91 Å². The Balaban J connectivity index is 1.26. The van der Waals surface area contributed by atoms with Gasteiger partial charge in [-0.1, -0.05) is 24.3 Å². The molecule has 0 fully saturated rings. The van der Waals surface area contributed by atoms with Crippen molar-refractivity contribution in [3.8, 4) is 0 Å². The van der Waals surface area contributed by atoms with Crippen molar-refractivity contribution in [1.82, 2.24) is 20.2 Å². The Hall–Kier alpha value is -3.34. The molecule has 1 amide bonds. The van der Waals surface area contributed by atoms with Gasteiger partial charge >= 0.3 is 0 Å². The minimum absolute atomic E-state index is 0.0611. The fourth-order valence-corrected chi connectivity index (χ4v) is 3.87. The van der Waals surface area contributed by atoms with Gasteiger partial charge in [-0.2, -0.15) is 0 Å². The molecular weight excluding hydrogens is 348 g/mol. The second-order valence-corrected chi connectivity index (χ2v) is 7.30. The molecule has 1 aliphatic heterocycles. The summed E-state index contributed by atoms with van der Waals surface area (Å²) < 4.78 is 0. The van der Waals surface area contributed by atoms with E-state index in [0.29, 0.717) is 12.1 Å². The highest BCUT2D eigenvalue weighted by molar-refractivity contribution is 5.94. The molecule has 2 N–H and O–H groups in total. The van der Waals surface area contributed by atoms with Crippen LogP contribution in [0.4, 0.5) is 0 Å². The van der Waals surface area contributed by atoms with Gasteiger partial charge in [-0.05, 0) is 60.4 Å². The summed E-state index contributed by atoms with van der Waals surface area (Å²) in [5.41, 5.74) is 6.56. The van der Waals surface area contributed by atoms with E-state index in [1.54, 1.807) is 0 Å². The van der Waals surface area contributed by atoms with Crippen molar-refractivity contribution in [2.24, 2.45) is 0 Å². The number of allylic oxidation sites excluding steroid dienone is 3. The molecule has 0 saturated carbocycles. The average Bonchev–Trinajstić information content (AvgIpc) is 2.99. The van der Waals surface area contributed by atoms with Crippen LogP contribution in [0.2, 0.25) is 0 Å². The van der Waals surface area contributed by atoms with Crippen LogP contribution in [0, 0.1) is 0 Å². The van der Waals surface area contributed by atoms with Crippen LogP contribution in [0.25, 0.3) is 11.0 Å². The molecule has 5 rings (SSSR count). The summed E-state index contributed by atoms with van der Waals surface area (Å²) in [5.74, 6) is 0.704. The molecule has 0 saturated heterocycles. The third-order valence-electron chi connectivity index (χ3n) is 5.52. The average molecular weight is 370 g/mol. The molecule has 0 unspecified atom stereocenters. The van der Waals surface area contributed by atoms with Gasteiger partial charge in [-0.25, -0.2) is 4.98 Å². The van der Waals surface area contributed by atoms with Crippen molar-refractivity contribution in [1.29, 1.82) is 0 Å². The van der Waals surface area contributed by atoms with Gasteiger partial charge in [0.1, 0.15) is 5.82 Å². The number of aromatic nitrogens is 2. The zero-order chi connectivity index (χ0) is 18.9. The van der Waals surface area contributed by atoms with Crippen LogP contribution in [0.1, 0.15) is 27.3 Å². The van der Waals surface area contributed by atoms with Gasteiger partial charge in [-0.3, -0.25) is 4.79 Å². The fourth-order valence-electron chi connectivity index (χ4n) is 3.87. The number of fused-ring (bicyclic) bond motifs is 2. The molecule has 5 nitrogen and oxygen atoms in total. The van der Waals surface area contributed by atoms with Crippen LogP contribution in [0.15, 0.2) is 66.4 Å². The molecule has 1 aromatic heterocycles. The number of nitrogens with one attached hydrogen (secondary N) is 2. The van der Waals surface area contributed by atoms with E-state index in [9.17, 15) is 4.79 Å². The standard InChI is InChI=1S/C23H22N4O/c28-23(24-15-22-25-20-6-1-2-7-21(20)26-22)18-9-8-16-10-12-27(19-4-3-5-19)13-11-17(16)14-18/h1-9,14H,10-13,15H2,(H,24,28)(H,25,26). The maximum absolute atomic E-state index is 12.7. The molecule has 2 aliphatic rings. The van der Waals surface area contributed by atoms with E-state index in [0.717, 1.165) is 42.8 Å². The first kappa shape index (κ1) is 16.8. The van der Waals surface area contributed by atoms with Crippen molar-refractivity contribution in [3.63, 3.8) is 0 Å². The summed E-state index contributed by atoms with van der Waals surface area (Å²) in [5, 5.41) is 2.98. The molecule has 0 radical (unpaired) electrons. The summed E-state index contributed by atoms with van der Waals surface area (Å²) in [6.45, 7) is 2.41. The first-order valence-electron chi connectivity index (χ1n) is 9.73. The van der Waals surface area contributed by atoms with Crippen LogP contribution in [-0.2, 0) is 19.4 Å². The lowest BCUT2D eigenvalue weighted by Crippen LogP contribution is -2.26. The zero-order valence-corrected chi connectivity index (χ0v) is 15.6. The van der Waals surface area contributed by atoms with Crippen molar-refractivity contribution in [2.45, 2.75) is 19.4 Å². The van der Waals surface area contributed by atoms with Crippen molar-refractivity contribution in [2.75, 3.05) is 13.1 Å². The summed E-state index contributed by atoms with van der Waals surface area (Å²) in [4.78, 5) is 22.8. The normalized spacial score (nSPS) is 15.6. The van der Waals surface area contributed by atoms with Gasteiger partial charge in [0, 0.05) is 24.4 Å². The highest BCUT2D eigenvalue weighted by Gasteiger charge is 2.18. The number of imidazole rings is 1. The smallest absolute Gasteiger partial charge is 0.251 e. The zero-order valence-electron chi connectivity index (χ0n) is 15.6. The molecule has 5 heteroatoms. The highest BCUT2D eigenvalue weighted by atomic mass is 16.1. The molecule has 2 heterocycles. The van der Waals surface area contributed by atoms with Gasteiger partial charge in [0.2, 0.25) is 0 Å². The maximum Gasteiger partial charge on any atom is 0.251 e. The topological polar surface area (TPSA) is 61.0 Å². The summed E-state index contributed by atoms with van der Waals surface area (Å²) in [6.07, 6.45) is 8.38. The second kappa shape index (κ2) is 7.00. The third-order valence-corrected chi connectivity index (χ3v) is 5.52. The first-order valence-corrected chi connectivity index (χ1v) is 9.73. The van der Waals surface area contributed by atoms with E-state index >= 15 is 0 Å². The number of hydrogen-bond donors (Lipinski definition) is 2. The van der Waals surface area contributed by atoms with Crippen LogP contribution >= 0.6 is 0 Å². The number of para-hydroxylation sites is 2. The summed E-state index contributed by atoms with van der Waals surface area (Å²) >= 11 is 0. The lowest BCUT2D eigenvalue weighted by Gasteiger charge is -2.26.